The highest BCUT2D eigenvalue weighted by Crippen LogP contribution is 2.25. The third-order valence-electron chi connectivity index (χ3n) is 3.86. The Morgan fingerprint density at radius 1 is 1.27 bits per heavy atom. The first kappa shape index (κ1) is 13.4. The molecule has 1 fully saturated rings. The minimum atomic E-state index is 0.150. The van der Waals surface area contributed by atoms with E-state index in [0.29, 0.717) is 6.54 Å². The van der Waals surface area contributed by atoms with Gasteiger partial charge in [0.1, 0.15) is 5.69 Å². The minimum absolute atomic E-state index is 0.150. The molecule has 1 aliphatic heterocycles. The van der Waals surface area contributed by atoms with Gasteiger partial charge in [-0.3, -0.25) is 4.98 Å². The molecule has 112 valence electrons. The van der Waals surface area contributed by atoms with Crippen LogP contribution in [0.4, 0.5) is 0 Å². The van der Waals surface area contributed by atoms with Crippen molar-refractivity contribution in [2.24, 2.45) is 0 Å². The SMILES string of the molecule is c1ccc2c(-c3cn(C[C@H]4CNCCO4)nn3)ccnc2c1. The van der Waals surface area contributed by atoms with E-state index < -0.39 is 0 Å². The molecule has 2 aromatic heterocycles. The van der Waals surface area contributed by atoms with E-state index in [2.05, 4.69) is 26.7 Å². The molecule has 0 saturated carbocycles. The molecule has 1 saturated heterocycles. The van der Waals surface area contributed by atoms with Crippen LogP contribution in [0.25, 0.3) is 22.2 Å². The van der Waals surface area contributed by atoms with Crippen molar-refractivity contribution in [3.63, 3.8) is 0 Å². The number of pyridine rings is 1. The van der Waals surface area contributed by atoms with E-state index in [1.54, 1.807) is 0 Å². The Balaban J connectivity index is 1.62. The lowest BCUT2D eigenvalue weighted by Gasteiger charge is -2.23. The Kier molecular flexibility index (Phi) is 3.54. The standard InChI is InChI=1S/C16H17N5O/c1-2-4-15-13(3-1)14(5-6-18-15)16-11-21(20-19-16)10-12-9-17-7-8-22-12/h1-6,11-12,17H,7-10H2/t12-/m1/s1. The molecular formula is C16H17N5O. The second-order valence-electron chi connectivity index (χ2n) is 5.40. The third-order valence-corrected chi connectivity index (χ3v) is 3.86. The van der Waals surface area contributed by atoms with Crippen molar-refractivity contribution in [3.8, 4) is 11.3 Å². The zero-order chi connectivity index (χ0) is 14.8. The lowest BCUT2D eigenvalue weighted by Crippen LogP contribution is -2.40. The van der Waals surface area contributed by atoms with E-state index in [1.807, 2.05) is 41.3 Å². The first-order valence-corrected chi connectivity index (χ1v) is 7.47. The largest absolute Gasteiger partial charge is 0.374 e. The molecule has 22 heavy (non-hydrogen) atoms. The Bertz CT molecular complexity index is 774. The zero-order valence-electron chi connectivity index (χ0n) is 12.1. The Morgan fingerprint density at radius 2 is 2.23 bits per heavy atom. The van der Waals surface area contributed by atoms with E-state index >= 15 is 0 Å². The van der Waals surface area contributed by atoms with Crippen LogP contribution in [0.1, 0.15) is 0 Å². The number of benzene rings is 1. The number of hydrogen-bond donors (Lipinski definition) is 1. The summed E-state index contributed by atoms with van der Waals surface area (Å²) in [5.74, 6) is 0. The number of rotatable bonds is 3. The Labute approximate surface area is 128 Å². The number of aromatic nitrogens is 4. The summed E-state index contributed by atoms with van der Waals surface area (Å²) in [6, 6.07) is 10.0. The molecule has 0 unspecified atom stereocenters. The monoisotopic (exact) mass is 295 g/mol. The van der Waals surface area contributed by atoms with Crippen LogP contribution in [0.2, 0.25) is 0 Å². The summed E-state index contributed by atoms with van der Waals surface area (Å²) < 4.78 is 7.56. The van der Waals surface area contributed by atoms with Crippen molar-refractivity contribution in [2.75, 3.05) is 19.7 Å². The van der Waals surface area contributed by atoms with Gasteiger partial charge in [0, 0.05) is 30.2 Å². The van der Waals surface area contributed by atoms with Crippen LogP contribution in [0.5, 0.6) is 0 Å². The third kappa shape index (κ3) is 2.58. The van der Waals surface area contributed by atoms with Gasteiger partial charge < -0.3 is 10.1 Å². The number of fused-ring (bicyclic) bond motifs is 1. The Hall–Kier alpha value is -2.31. The van der Waals surface area contributed by atoms with Gasteiger partial charge in [-0.05, 0) is 12.1 Å². The molecule has 1 aliphatic rings. The summed E-state index contributed by atoms with van der Waals surface area (Å²) in [7, 11) is 0. The number of nitrogens with one attached hydrogen (secondary N) is 1. The number of hydrogen-bond acceptors (Lipinski definition) is 5. The molecule has 0 bridgehead atoms. The highest BCUT2D eigenvalue weighted by Gasteiger charge is 2.15. The van der Waals surface area contributed by atoms with Crippen molar-refractivity contribution in [1.82, 2.24) is 25.3 Å². The van der Waals surface area contributed by atoms with Gasteiger partial charge in [0.25, 0.3) is 0 Å². The fraction of sp³-hybridized carbons (Fsp3) is 0.312. The van der Waals surface area contributed by atoms with Gasteiger partial charge in [-0.2, -0.15) is 0 Å². The van der Waals surface area contributed by atoms with Crippen LogP contribution < -0.4 is 5.32 Å². The highest BCUT2D eigenvalue weighted by molar-refractivity contribution is 5.92. The second-order valence-corrected chi connectivity index (χ2v) is 5.40. The maximum atomic E-state index is 5.71. The van der Waals surface area contributed by atoms with Gasteiger partial charge in [-0.1, -0.05) is 23.4 Å². The fourth-order valence-corrected chi connectivity index (χ4v) is 2.78. The average molecular weight is 295 g/mol. The van der Waals surface area contributed by atoms with Crippen molar-refractivity contribution < 1.29 is 4.74 Å². The fourth-order valence-electron chi connectivity index (χ4n) is 2.78. The Morgan fingerprint density at radius 3 is 3.14 bits per heavy atom. The molecule has 0 radical (unpaired) electrons. The van der Waals surface area contributed by atoms with Crippen LogP contribution in [-0.4, -0.2) is 45.8 Å². The van der Waals surface area contributed by atoms with Gasteiger partial charge in [0.05, 0.1) is 31.0 Å². The molecule has 0 aliphatic carbocycles. The molecule has 6 nitrogen and oxygen atoms in total. The van der Waals surface area contributed by atoms with Crippen molar-refractivity contribution in [1.29, 1.82) is 0 Å². The molecule has 0 amide bonds. The minimum Gasteiger partial charge on any atom is -0.374 e. The zero-order valence-corrected chi connectivity index (χ0v) is 12.1. The molecule has 0 spiro atoms. The van der Waals surface area contributed by atoms with Gasteiger partial charge in [0.15, 0.2) is 0 Å². The van der Waals surface area contributed by atoms with E-state index in [9.17, 15) is 0 Å². The molecule has 3 heterocycles. The molecule has 6 heteroatoms. The second kappa shape index (κ2) is 5.82. The van der Waals surface area contributed by atoms with Gasteiger partial charge in [-0.15, -0.1) is 5.10 Å². The van der Waals surface area contributed by atoms with E-state index in [1.165, 1.54) is 0 Å². The number of ether oxygens (including phenoxy) is 1. The van der Waals surface area contributed by atoms with Crippen LogP contribution >= 0.6 is 0 Å². The quantitative estimate of drug-likeness (QED) is 0.793. The van der Waals surface area contributed by atoms with Gasteiger partial charge >= 0.3 is 0 Å². The highest BCUT2D eigenvalue weighted by atomic mass is 16.5. The van der Waals surface area contributed by atoms with Crippen LogP contribution in [0.15, 0.2) is 42.7 Å². The van der Waals surface area contributed by atoms with Crippen molar-refractivity contribution >= 4 is 10.9 Å². The summed E-state index contributed by atoms with van der Waals surface area (Å²) in [6.07, 6.45) is 3.93. The van der Waals surface area contributed by atoms with Crippen LogP contribution in [0.3, 0.4) is 0 Å². The molecule has 1 aromatic carbocycles. The first-order valence-electron chi connectivity index (χ1n) is 7.47. The lowest BCUT2D eigenvalue weighted by atomic mass is 10.1. The van der Waals surface area contributed by atoms with E-state index in [4.69, 9.17) is 4.74 Å². The van der Waals surface area contributed by atoms with E-state index in [-0.39, 0.29) is 6.10 Å². The van der Waals surface area contributed by atoms with Gasteiger partial charge in [-0.25, -0.2) is 4.68 Å². The number of morpholine rings is 1. The van der Waals surface area contributed by atoms with E-state index in [0.717, 1.165) is 41.9 Å². The molecule has 4 rings (SSSR count). The summed E-state index contributed by atoms with van der Waals surface area (Å²) in [4.78, 5) is 4.38. The number of nitrogens with zero attached hydrogens (tertiary/aromatic N) is 4. The predicted molar refractivity (Wildman–Crippen MR) is 83.4 cm³/mol. The topological polar surface area (TPSA) is 64.9 Å². The summed E-state index contributed by atoms with van der Waals surface area (Å²) >= 11 is 0. The number of para-hydroxylation sites is 1. The molecule has 1 atom stereocenters. The van der Waals surface area contributed by atoms with Crippen molar-refractivity contribution in [2.45, 2.75) is 12.6 Å². The molecular weight excluding hydrogens is 278 g/mol. The summed E-state index contributed by atoms with van der Waals surface area (Å²) in [6.45, 7) is 3.24. The van der Waals surface area contributed by atoms with Crippen LogP contribution in [-0.2, 0) is 11.3 Å². The van der Waals surface area contributed by atoms with Gasteiger partial charge in [0.2, 0.25) is 0 Å². The lowest BCUT2D eigenvalue weighted by molar-refractivity contribution is 0.0158. The van der Waals surface area contributed by atoms with Crippen LogP contribution in [0, 0.1) is 0 Å². The maximum Gasteiger partial charge on any atom is 0.113 e. The average Bonchev–Trinajstić information content (AvgIpc) is 3.03. The molecule has 3 aromatic rings. The first-order chi connectivity index (χ1) is 10.9. The summed E-state index contributed by atoms with van der Waals surface area (Å²) in [5.41, 5.74) is 2.89. The summed E-state index contributed by atoms with van der Waals surface area (Å²) in [5, 5.41) is 13.0. The normalized spacial score (nSPS) is 18.6. The predicted octanol–water partition coefficient (Wildman–Crippen LogP) is 1.48. The van der Waals surface area contributed by atoms with Crippen molar-refractivity contribution in [3.05, 3.63) is 42.7 Å². The smallest absolute Gasteiger partial charge is 0.113 e. The molecule has 1 N–H and O–H groups in total. The maximum absolute atomic E-state index is 5.71.